The predicted octanol–water partition coefficient (Wildman–Crippen LogP) is 3.86. The highest BCUT2D eigenvalue weighted by Crippen LogP contribution is 2.16. The van der Waals surface area contributed by atoms with E-state index in [1.54, 1.807) is 60.7 Å². The van der Waals surface area contributed by atoms with Crippen LogP contribution < -0.4 is 15.5 Å². The largest absolute Gasteiger partial charge is 0.423 e. The molecule has 0 aliphatic rings. The standard InChI is InChI=1S/C24H20BrN3O4/c1-16-4-2-5-18(12-16)23(30)26-15-22(29)28-27-14-17-8-10-21(11-9-17)32-24(31)19-6-3-7-20(25)13-19/h2-14H,15H2,1H3,(H,26,30)(H,28,29). The normalized spacial score (nSPS) is 10.6. The maximum Gasteiger partial charge on any atom is 0.343 e. The molecule has 0 bridgehead atoms. The first-order chi connectivity index (χ1) is 15.4. The van der Waals surface area contributed by atoms with Crippen LogP contribution in [0.4, 0.5) is 0 Å². The molecule has 162 valence electrons. The maximum absolute atomic E-state index is 12.2. The van der Waals surface area contributed by atoms with Crippen molar-refractivity contribution in [3.63, 3.8) is 0 Å². The van der Waals surface area contributed by atoms with Gasteiger partial charge in [0.15, 0.2) is 0 Å². The smallest absolute Gasteiger partial charge is 0.343 e. The van der Waals surface area contributed by atoms with Crippen LogP contribution in [0.25, 0.3) is 0 Å². The second-order valence-electron chi connectivity index (χ2n) is 6.81. The second-order valence-corrected chi connectivity index (χ2v) is 7.73. The van der Waals surface area contributed by atoms with Crippen molar-refractivity contribution < 1.29 is 19.1 Å². The van der Waals surface area contributed by atoms with E-state index in [4.69, 9.17) is 4.74 Å². The molecule has 0 spiro atoms. The van der Waals surface area contributed by atoms with E-state index in [1.165, 1.54) is 6.21 Å². The first kappa shape index (κ1) is 22.9. The number of hydrogen-bond acceptors (Lipinski definition) is 5. The van der Waals surface area contributed by atoms with Crippen molar-refractivity contribution >= 4 is 39.9 Å². The van der Waals surface area contributed by atoms with Crippen LogP contribution in [0.5, 0.6) is 5.75 Å². The third-order valence-corrected chi connectivity index (χ3v) is 4.74. The van der Waals surface area contributed by atoms with Crippen LogP contribution in [0.15, 0.2) is 82.4 Å². The molecule has 8 heteroatoms. The highest BCUT2D eigenvalue weighted by Gasteiger charge is 2.09. The van der Waals surface area contributed by atoms with Crippen molar-refractivity contribution in [3.8, 4) is 5.75 Å². The van der Waals surface area contributed by atoms with Crippen LogP contribution in [0.1, 0.15) is 31.8 Å². The fraction of sp³-hybridized carbons (Fsp3) is 0.0833. The molecular formula is C24H20BrN3O4. The Morgan fingerprint density at radius 2 is 1.69 bits per heavy atom. The van der Waals surface area contributed by atoms with Crippen molar-refractivity contribution in [2.75, 3.05) is 6.54 Å². The third-order valence-electron chi connectivity index (χ3n) is 4.24. The van der Waals surface area contributed by atoms with E-state index in [1.807, 2.05) is 19.1 Å². The third kappa shape index (κ3) is 6.88. The summed E-state index contributed by atoms with van der Waals surface area (Å²) in [4.78, 5) is 36.1. The molecule has 0 atom stereocenters. The Balaban J connectivity index is 1.45. The van der Waals surface area contributed by atoms with Gasteiger partial charge < -0.3 is 10.1 Å². The topological polar surface area (TPSA) is 96.9 Å². The van der Waals surface area contributed by atoms with Crippen LogP contribution >= 0.6 is 15.9 Å². The van der Waals surface area contributed by atoms with Gasteiger partial charge in [0.05, 0.1) is 18.3 Å². The molecule has 0 aliphatic heterocycles. The summed E-state index contributed by atoms with van der Waals surface area (Å²) in [6.07, 6.45) is 1.44. The molecule has 0 fully saturated rings. The number of esters is 1. The second kappa shape index (κ2) is 11.0. The Bertz CT molecular complexity index is 1160. The minimum Gasteiger partial charge on any atom is -0.423 e. The lowest BCUT2D eigenvalue weighted by atomic mass is 10.1. The maximum atomic E-state index is 12.2. The number of carbonyl (C=O) groups is 3. The first-order valence-corrected chi connectivity index (χ1v) is 10.4. The molecule has 2 amide bonds. The summed E-state index contributed by atoms with van der Waals surface area (Å²) in [5, 5.41) is 6.41. The van der Waals surface area contributed by atoms with E-state index in [0.29, 0.717) is 22.4 Å². The van der Waals surface area contributed by atoms with Crippen LogP contribution in [0.3, 0.4) is 0 Å². The van der Waals surface area contributed by atoms with Crippen LogP contribution in [-0.2, 0) is 4.79 Å². The molecule has 3 aromatic carbocycles. The van der Waals surface area contributed by atoms with Crippen molar-refractivity contribution in [1.29, 1.82) is 0 Å². The number of hydrazone groups is 1. The van der Waals surface area contributed by atoms with Crippen molar-refractivity contribution in [3.05, 3.63) is 99.5 Å². The quantitative estimate of drug-likeness (QED) is 0.226. The monoisotopic (exact) mass is 493 g/mol. The minimum absolute atomic E-state index is 0.200. The van der Waals surface area contributed by atoms with E-state index < -0.39 is 11.9 Å². The fourth-order valence-corrected chi connectivity index (χ4v) is 3.07. The van der Waals surface area contributed by atoms with Crippen molar-refractivity contribution in [2.45, 2.75) is 6.92 Å². The molecule has 3 rings (SSSR count). The lowest BCUT2D eigenvalue weighted by molar-refractivity contribution is -0.120. The Hall–Kier alpha value is -3.78. The average Bonchev–Trinajstić information content (AvgIpc) is 2.78. The first-order valence-electron chi connectivity index (χ1n) is 9.65. The summed E-state index contributed by atoms with van der Waals surface area (Å²) in [6, 6.07) is 20.6. The Labute approximate surface area is 193 Å². The van der Waals surface area contributed by atoms with E-state index in [9.17, 15) is 14.4 Å². The number of ether oxygens (including phenoxy) is 1. The molecule has 0 unspecified atom stereocenters. The highest BCUT2D eigenvalue weighted by molar-refractivity contribution is 9.10. The molecular weight excluding hydrogens is 474 g/mol. The molecule has 0 radical (unpaired) electrons. The van der Waals surface area contributed by atoms with E-state index in [2.05, 4.69) is 31.8 Å². The van der Waals surface area contributed by atoms with E-state index >= 15 is 0 Å². The zero-order valence-corrected chi connectivity index (χ0v) is 18.8. The highest BCUT2D eigenvalue weighted by atomic mass is 79.9. The number of carbonyl (C=O) groups excluding carboxylic acids is 3. The molecule has 0 aliphatic carbocycles. The number of hydrogen-bond donors (Lipinski definition) is 2. The summed E-state index contributed by atoms with van der Waals surface area (Å²) in [6.45, 7) is 1.69. The summed E-state index contributed by atoms with van der Waals surface area (Å²) in [5.74, 6) is -0.870. The van der Waals surface area contributed by atoms with Crippen molar-refractivity contribution in [2.24, 2.45) is 5.10 Å². The van der Waals surface area contributed by atoms with Crippen LogP contribution in [0, 0.1) is 6.92 Å². The summed E-state index contributed by atoms with van der Waals surface area (Å²) >= 11 is 3.32. The Morgan fingerprint density at radius 1 is 0.969 bits per heavy atom. The van der Waals surface area contributed by atoms with E-state index in [-0.39, 0.29) is 12.5 Å². The zero-order valence-electron chi connectivity index (χ0n) is 17.2. The van der Waals surface area contributed by atoms with Gasteiger partial charge >= 0.3 is 5.97 Å². The lowest BCUT2D eigenvalue weighted by Crippen LogP contribution is -2.34. The van der Waals surface area contributed by atoms with Gasteiger partial charge in [-0.25, -0.2) is 10.2 Å². The average molecular weight is 494 g/mol. The van der Waals surface area contributed by atoms with E-state index in [0.717, 1.165) is 10.0 Å². The number of halogens is 1. The number of nitrogens with zero attached hydrogens (tertiary/aromatic N) is 1. The number of benzene rings is 3. The number of rotatable bonds is 7. The summed E-state index contributed by atoms with van der Waals surface area (Å²) < 4.78 is 6.12. The summed E-state index contributed by atoms with van der Waals surface area (Å²) in [5.41, 5.74) is 4.92. The number of nitrogens with one attached hydrogen (secondary N) is 2. The van der Waals surface area contributed by atoms with Gasteiger partial charge in [-0.15, -0.1) is 0 Å². The van der Waals surface area contributed by atoms with Gasteiger partial charge in [-0.05, 0) is 67.1 Å². The molecule has 32 heavy (non-hydrogen) atoms. The van der Waals surface area contributed by atoms with Gasteiger partial charge in [-0.1, -0.05) is 39.7 Å². The molecule has 2 N–H and O–H groups in total. The fourth-order valence-electron chi connectivity index (χ4n) is 2.67. The molecule has 3 aromatic rings. The van der Waals surface area contributed by atoms with Crippen LogP contribution in [-0.4, -0.2) is 30.5 Å². The molecule has 0 heterocycles. The summed E-state index contributed by atoms with van der Waals surface area (Å²) in [7, 11) is 0. The Kier molecular flexibility index (Phi) is 7.88. The number of aryl methyl sites for hydroxylation is 1. The predicted molar refractivity (Wildman–Crippen MR) is 125 cm³/mol. The molecule has 0 saturated carbocycles. The lowest BCUT2D eigenvalue weighted by Gasteiger charge is -2.05. The van der Waals surface area contributed by atoms with Gasteiger partial charge in [-0.2, -0.15) is 5.10 Å². The van der Waals surface area contributed by atoms with Gasteiger partial charge in [0.25, 0.3) is 11.8 Å². The molecule has 0 aromatic heterocycles. The minimum atomic E-state index is -0.465. The molecule has 7 nitrogen and oxygen atoms in total. The Morgan fingerprint density at radius 3 is 2.41 bits per heavy atom. The molecule has 0 saturated heterocycles. The van der Waals surface area contributed by atoms with Crippen LogP contribution in [0.2, 0.25) is 0 Å². The van der Waals surface area contributed by atoms with Gasteiger partial charge in [0, 0.05) is 10.0 Å². The SMILES string of the molecule is Cc1cccc(C(=O)NCC(=O)NN=Cc2ccc(OC(=O)c3cccc(Br)c3)cc2)c1. The van der Waals surface area contributed by atoms with Gasteiger partial charge in [-0.3, -0.25) is 9.59 Å². The van der Waals surface area contributed by atoms with Gasteiger partial charge in [0.1, 0.15) is 5.75 Å². The number of amides is 2. The van der Waals surface area contributed by atoms with Gasteiger partial charge in [0.2, 0.25) is 0 Å². The zero-order chi connectivity index (χ0) is 22.9. The van der Waals surface area contributed by atoms with Crippen molar-refractivity contribution in [1.82, 2.24) is 10.7 Å².